The molecule has 3 atom stereocenters. The van der Waals surface area contributed by atoms with Crippen LogP contribution in [0.5, 0.6) is 0 Å². The Balaban J connectivity index is 1.59. The predicted molar refractivity (Wildman–Crippen MR) is 95.7 cm³/mol. The molecule has 142 valence electrons. The second-order valence-corrected chi connectivity index (χ2v) is 7.57. The van der Waals surface area contributed by atoms with Gasteiger partial charge in [0.05, 0.1) is 5.92 Å². The minimum absolute atomic E-state index is 0.0544. The molecule has 27 heavy (non-hydrogen) atoms. The third-order valence-corrected chi connectivity index (χ3v) is 5.73. The maximum Gasteiger partial charge on any atom is 0.308 e. The molecule has 8 heteroatoms. The lowest BCUT2D eigenvalue weighted by molar-refractivity contribution is -0.143. The molecule has 2 aromatic rings. The van der Waals surface area contributed by atoms with Crippen molar-refractivity contribution in [2.45, 2.75) is 32.2 Å². The normalized spacial score (nSPS) is 23.4. The van der Waals surface area contributed by atoms with Crippen molar-refractivity contribution < 1.29 is 14.7 Å². The van der Waals surface area contributed by atoms with Gasteiger partial charge in [0.2, 0.25) is 5.91 Å². The monoisotopic (exact) mass is 369 g/mol. The van der Waals surface area contributed by atoms with Crippen LogP contribution in [0.4, 0.5) is 0 Å². The largest absolute Gasteiger partial charge is 0.481 e. The lowest BCUT2D eigenvalue weighted by Crippen LogP contribution is -2.38. The minimum Gasteiger partial charge on any atom is -0.481 e. The minimum atomic E-state index is -0.805. The number of carboxylic acids is 1. The van der Waals surface area contributed by atoms with Crippen LogP contribution in [0.2, 0.25) is 0 Å². The summed E-state index contributed by atoms with van der Waals surface area (Å²) < 4.78 is 1.55. The number of carbonyl (C=O) groups excluding carboxylic acids is 1. The van der Waals surface area contributed by atoms with Gasteiger partial charge in [-0.15, -0.1) is 5.10 Å². The topological polar surface area (TPSA) is 101 Å². The smallest absolute Gasteiger partial charge is 0.308 e. The number of aromatic nitrogens is 4. The number of likely N-dealkylation sites (tertiary alicyclic amines) is 1. The molecular formula is C19H23N5O3. The summed E-state index contributed by atoms with van der Waals surface area (Å²) in [4.78, 5) is 26.8. The summed E-state index contributed by atoms with van der Waals surface area (Å²) in [5.41, 5.74) is 1.01. The zero-order valence-corrected chi connectivity index (χ0v) is 15.2. The van der Waals surface area contributed by atoms with Gasteiger partial charge < -0.3 is 10.0 Å². The van der Waals surface area contributed by atoms with Crippen LogP contribution in [-0.4, -0.2) is 55.2 Å². The first-order valence-corrected chi connectivity index (χ1v) is 9.34. The van der Waals surface area contributed by atoms with E-state index in [4.69, 9.17) is 0 Å². The highest BCUT2D eigenvalue weighted by Crippen LogP contribution is 2.44. The van der Waals surface area contributed by atoms with Gasteiger partial charge in [0.1, 0.15) is 11.9 Å². The van der Waals surface area contributed by atoms with Crippen molar-refractivity contribution in [3.63, 3.8) is 0 Å². The molecule has 0 radical (unpaired) electrons. The molecule has 1 aromatic heterocycles. The van der Waals surface area contributed by atoms with E-state index >= 15 is 0 Å². The number of benzene rings is 1. The van der Waals surface area contributed by atoms with Gasteiger partial charge >= 0.3 is 5.97 Å². The van der Waals surface area contributed by atoms with Gasteiger partial charge in [-0.25, -0.2) is 4.68 Å². The fourth-order valence-electron chi connectivity index (χ4n) is 4.12. The van der Waals surface area contributed by atoms with Gasteiger partial charge in [0.15, 0.2) is 0 Å². The van der Waals surface area contributed by atoms with E-state index in [9.17, 15) is 14.7 Å². The lowest BCUT2D eigenvalue weighted by atomic mass is 9.92. The third kappa shape index (κ3) is 3.56. The van der Waals surface area contributed by atoms with Crippen LogP contribution in [0.1, 0.15) is 30.3 Å². The van der Waals surface area contributed by atoms with Crippen molar-refractivity contribution in [1.82, 2.24) is 25.1 Å². The number of carbonyl (C=O) groups is 2. The molecule has 0 bridgehead atoms. The number of nitrogens with zero attached hydrogens (tertiary/aromatic N) is 5. The predicted octanol–water partition coefficient (Wildman–Crippen LogP) is 1.33. The van der Waals surface area contributed by atoms with Crippen LogP contribution in [0.15, 0.2) is 30.3 Å². The maximum atomic E-state index is 13.4. The van der Waals surface area contributed by atoms with Crippen LogP contribution in [0.25, 0.3) is 0 Å². The first-order chi connectivity index (χ1) is 13.0. The van der Waals surface area contributed by atoms with Crippen LogP contribution in [0.3, 0.4) is 0 Å². The fraction of sp³-hybridized carbons (Fsp3) is 0.526. The van der Waals surface area contributed by atoms with Crippen molar-refractivity contribution in [3.8, 4) is 0 Å². The number of rotatable bonds is 6. The van der Waals surface area contributed by atoms with Gasteiger partial charge in [-0.05, 0) is 47.6 Å². The molecule has 8 nitrogen and oxygen atoms in total. The van der Waals surface area contributed by atoms with E-state index in [1.807, 2.05) is 30.3 Å². The number of aryl methyl sites for hydroxylation is 1. The molecule has 1 aliphatic carbocycles. The van der Waals surface area contributed by atoms with E-state index in [1.54, 1.807) is 16.5 Å². The van der Waals surface area contributed by atoms with E-state index < -0.39 is 17.9 Å². The van der Waals surface area contributed by atoms with Crippen molar-refractivity contribution in [2.24, 2.45) is 17.8 Å². The lowest BCUT2D eigenvalue weighted by Gasteiger charge is -2.24. The Morgan fingerprint density at radius 2 is 1.96 bits per heavy atom. The Bertz CT molecular complexity index is 833. The molecule has 1 aliphatic heterocycles. The van der Waals surface area contributed by atoms with Crippen molar-refractivity contribution in [3.05, 3.63) is 41.7 Å². The third-order valence-electron chi connectivity index (χ3n) is 5.73. The van der Waals surface area contributed by atoms with Crippen molar-refractivity contribution in [2.75, 3.05) is 13.1 Å². The number of tetrazole rings is 1. The molecule has 4 rings (SSSR count). The molecule has 1 aromatic carbocycles. The molecule has 1 unspecified atom stereocenters. The van der Waals surface area contributed by atoms with E-state index in [2.05, 4.69) is 15.5 Å². The second-order valence-electron chi connectivity index (χ2n) is 7.57. The highest BCUT2D eigenvalue weighted by molar-refractivity contribution is 5.82. The van der Waals surface area contributed by atoms with Crippen molar-refractivity contribution >= 4 is 11.9 Å². The molecule has 2 aliphatic rings. The summed E-state index contributed by atoms with van der Waals surface area (Å²) in [6, 6.07) is 9.16. The number of hydrogen-bond donors (Lipinski definition) is 1. The molecule has 1 saturated carbocycles. The first-order valence-electron chi connectivity index (χ1n) is 9.34. The van der Waals surface area contributed by atoms with Crippen LogP contribution < -0.4 is 0 Å². The Morgan fingerprint density at radius 3 is 2.56 bits per heavy atom. The maximum absolute atomic E-state index is 13.4. The van der Waals surface area contributed by atoms with E-state index in [1.165, 1.54) is 0 Å². The van der Waals surface area contributed by atoms with Crippen LogP contribution >= 0.6 is 0 Å². The molecule has 0 spiro atoms. The SMILES string of the molecule is Cc1nnnn1C(Cc1ccccc1)C(=O)N1C[C@H](C(=O)O)[C@@H](C2CC2)C1. The Morgan fingerprint density at radius 1 is 1.22 bits per heavy atom. The van der Waals surface area contributed by atoms with Crippen LogP contribution in [0, 0.1) is 24.7 Å². The quantitative estimate of drug-likeness (QED) is 0.824. The zero-order chi connectivity index (χ0) is 19.0. The molecule has 1 amide bonds. The van der Waals surface area contributed by atoms with Gasteiger partial charge in [-0.3, -0.25) is 9.59 Å². The summed E-state index contributed by atoms with van der Waals surface area (Å²) >= 11 is 0. The summed E-state index contributed by atoms with van der Waals surface area (Å²) in [5, 5.41) is 21.2. The zero-order valence-electron chi connectivity index (χ0n) is 15.2. The molecule has 1 saturated heterocycles. The summed E-state index contributed by atoms with van der Waals surface area (Å²) in [6.45, 7) is 2.54. The number of carboxylic acid groups (broad SMARTS) is 1. The Hall–Kier alpha value is -2.77. The van der Waals surface area contributed by atoms with Crippen LogP contribution in [-0.2, 0) is 16.0 Å². The Labute approximate surface area is 157 Å². The van der Waals surface area contributed by atoms with Gasteiger partial charge in [0.25, 0.3) is 0 Å². The Kier molecular flexibility index (Phi) is 4.63. The highest BCUT2D eigenvalue weighted by atomic mass is 16.4. The number of hydrogen-bond acceptors (Lipinski definition) is 5. The molecule has 2 heterocycles. The summed E-state index contributed by atoms with van der Waals surface area (Å²) in [7, 11) is 0. The molecule has 2 fully saturated rings. The van der Waals surface area contributed by atoms with E-state index in [0.29, 0.717) is 24.7 Å². The standard InChI is InChI=1S/C19H23N5O3/c1-12-20-21-22-24(12)17(9-13-5-3-2-4-6-13)18(25)23-10-15(14-7-8-14)16(11-23)19(26)27/h2-6,14-17H,7-11H2,1H3,(H,26,27)/t15-,16+,17?/m1/s1. The van der Waals surface area contributed by atoms with E-state index in [-0.39, 0.29) is 18.4 Å². The average molecular weight is 369 g/mol. The summed E-state index contributed by atoms with van der Waals surface area (Å²) in [6.07, 6.45) is 2.60. The first kappa shape index (κ1) is 17.6. The average Bonchev–Trinajstić information content (AvgIpc) is 3.26. The molecule has 1 N–H and O–H groups in total. The highest BCUT2D eigenvalue weighted by Gasteiger charge is 2.48. The number of amides is 1. The van der Waals surface area contributed by atoms with E-state index in [0.717, 1.165) is 18.4 Å². The van der Waals surface area contributed by atoms with Gasteiger partial charge in [-0.2, -0.15) is 0 Å². The fourth-order valence-corrected chi connectivity index (χ4v) is 4.12. The molecular weight excluding hydrogens is 346 g/mol. The van der Waals surface area contributed by atoms with Crippen molar-refractivity contribution in [1.29, 1.82) is 0 Å². The second kappa shape index (κ2) is 7.09. The van der Waals surface area contributed by atoms with Gasteiger partial charge in [0, 0.05) is 19.5 Å². The summed E-state index contributed by atoms with van der Waals surface area (Å²) in [5.74, 6) is -0.333. The van der Waals surface area contributed by atoms with Gasteiger partial charge in [-0.1, -0.05) is 30.3 Å². The number of aliphatic carboxylic acids is 1.